The second-order valence-corrected chi connectivity index (χ2v) is 6.92. The maximum absolute atomic E-state index is 10.2. The van der Waals surface area contributed by atoms with Crippen molar-refractivity contribution in [2.24, 2.45) is 0 Å². The molecule has 25 heavy (non-hydrogen) atoms. The molecule has 0 saturated heterocycles. The molecule has 136 valence electrons. The van der Waals surface area contributed by atoms with Gasteiger partial charge in [-0.3, -0.25) is 4.98 Å². The van der Waals surface area contributed by atoms with Gasteiger partial charge in [0.1, 0.15) is 0 Å². The van der Waals surface area contributed by atoms with Crippen LogP contribution in [0.1, 0.15) is 82.6 Å². The number of aryl methyl sites for hydroxylation is 1. The van der Waals surface area contributed by atoms with E-state index in [1.807, 2.05) is 31.3 Å². The largest absolute Gasteiger partial charge is 0.388 e. The highest BCUT2D eigenvalue weighted by atomic mass is 16.3. The van der Waals surface area contributed by atoms with Crippen LogP contribution in [0, 0.1) is 0 Å². The zero-order valence-electron chi connectivity index (χ0n) is 15.9. The molecule has 2 rings (SSSR count). The molecule has 0 fully saturated rings. The van der Waals surface area contributed by atoms with Crippen molar-refractivity contribution < 1.29 is 5.11 Å². The lowest BCUT2D eigenvalue weighted by Crippen LogP contribution is -1.98. The Morgan fingerprint density at radius 1 is 0.880 bits per heavy atom. The second kappa shape index (κ2) is 11.0. The first-order valence-corrected chi connectivity index (χ1v) is 9.98. The van der Waals surface area contributed by atoms with E-state index >= 15 is 0 Å². The van der Waals surface area contributed by atoms with Gasteiger partial charge in [0, 0.05) is 17.5 Å². The Balaban J connectivity index is 1.88. The van der Waals surface area contributed by atoms with Crippen LogP contribution in [0.2, 0.25) is 0 Å². The normalized spacial score (nSPS) is 12.3. The average molecular weight is 340 g/mol. The average Bonchev–Trinajstić information content (AvgIpc) is 2.67. The van der Waals surface area contributed by atoms with Crippen LogP contribution in [0.5, 0.6) is 0 Å². The molecule has 1 atom stereocenters. The quantitative estimate of drug-likeness (QED) is 0.475. The molecule has 1 N–H and O–H groups in total. The lowest BCUT2D eigenvalue weighted by molar-refractivity contribution is 0.174. The molecule has 1 aromatic heterocycles. The van der Waals surface area contributed by atoms with Crippen molar-refractivity contribution in [3.8, 4) is 11.1 Å². The Labute approximate surface area is 153 Å². The molecule has 0 saturated carbocycles. The summed E-state index contributed by atoms with van der Waals surface area (Å²) >= 11 is 0. The minimum atomic E-state index is -0.413. The van der Waals surface area contributed by atoms with E-state index in [2.05, 4.69) is 30.1 Å². The van der Waals surface area contributed by atoms with Gasteiger partial charge >= 0.3 is 0 Å². The van der Waals surface area contributed by atoms with E-state index in [-0.39, 0.29) is 0 Å². The van der Waals surface area contributed by atoms with E-state index in [4.69, 9.17) is 0 Å². The molecule has 0 aliphatic heterocycles. The Morgan fingerprint density at radius 2 is 1.60 bits per heavy atom. The highest BCUT2D eigenvalue weighted by Crippen LogP contribution is 2.29. The van der Waals surface area contributed by atoms with E-state index < -0.39 is 6.10 Å². The van der Waals surface area contributed by atoms with Gasteiger partial charge in [-0.15, -0.1) is 0 Å². The van der Waals surface area contributed by atoms with Gasteiger partial charge in [0.15, 0.2) is 0 Å². The first kappa shape index (κ1) is 19.7. The zero-order chi connectivity index (χ0) is 17.9. The van der Waals surface area contributed by atoms with E-state index in [0.29, 0.717) is 0 Å². The number of benzene rings is 1. The minimum absolute atomic E-state index is 0.413. The number of rotatable bonds is 11. The third-order valence-electron chi connectivity index (χ3n) is 4.88. The SMILES string of the molecule is CCCCCCCCCc1ccc(-c2ccccc2C(O)CC)cn1. The number of aromatic nitrogens is 1. The fraction of sp³-hybridized carbons (Fsp3) is 0.522. The number of unbranched alkanes of at least 4 members (excludes halogenated alkanes) is 6. The number of hydrogen-bond donors (Lipinski definition) is 1. The Hall–Kier alpha value is -1.67. The van der Waals surface area contributed by atoms with Gasteiger partial charge in [-0.05, 0) is 36.5 Å². The Bertz CT molecular complexity index is 606. The van der Waals surface area contributed by atoms with Crippen molar-refractivity contribution >= 4 is 0 Å². The number of pyridine rings is 1. The number of nitrogens with zero attached hydrogens (tertiary/aromatic N) is 1. The molecule has 1 unspecified atom stereocenters. The van der Waals surface area contributed by atoms with Crippen molar-refractivity contribution in [3.05, 3.63) is 53.9 Å². The molecule has 2 nitrogen and oxygen atoms in total. The van der Waals surface area contributed by atoms with Crippen LogP contribution in [0.3, 0.4) is 0 Å². The van der Waals surface area contributed by atoms with Crippen molar-refractivity contribution in [1.29, 1.82) is 0 Å². The first-order chi connectivity index (χ1) is 12.3. The molecule has 1 heterocycles. The molecule has 0 aliphatic rings. The molecule has 0 spiro atoms. The summed E-state index contributed by atoms with van der Waals surface area (Å²) < 4.78 is 0. The van der Waals surface area contributed by atoms with Crippen LogP contribution >= 0.6 is 0 Å². The summed E-state index contributed by atoms with van der Waals surface area (Å²) in [5.74, 6) is 0. The summed E-state index contributed by atoms with van der Waals surface area (Å²) in [5.41, 5.74) is 4.34. The topological polar surface area (TPSA) is 33.1 Å². The fourth-order valence-electron chi connectivity index (χ4n) is 3.27. The number of aliphatic hydroxyl groups excluding tert-OH is 1. The standard InChI is InChI=1S/C23H33NO/c1-3-5-6-7-8-9-10-13-20-17-16-19(18-24-20)21-14-11-12-15-22(21)23(25)4-2/h11-12,14-18,23,25H,3-10,13H2,1-2H3. The minimum Gasteiger partial charge on any atom is -0.388 e. The van der Waals surface area contributed by atoms with Gasteiger partial charge in [0.25, 0.3) is 0 Å². The summed E-state index contributed by atoms with van der Waals surface area (Å²) in [5, 5.41) is 10.2. The molecule has 2 aromatic rings. The van der Waals surface area contributed by atoms with Gasteiger partial charge in [-0.2, -0.15) is 0 Å². The molecule has 0 radical (unpaired) electrons. The molecule has 0 aliphatic carbocycles. The molecular formula is C23H33NO. The summed E-state index contributed by atoms with van der Waals surface area (Å²) in [4.78, 5) is 4.65. The monoisotopic (exact) mass is 339 g/mol. The highest BCUT2D eigenvalue weighted by molar-refractivity contribution is 5.67. The highest BCUT2D eigenvalue weighted by Gasteiger charge is 2.11. The molecule has 0 amide bonds. The van der Waals surface area contributed by atoms with Crippen LogP contribution in [0.4, 0.5) is 0 Å². The molecular weight excluding hydrogens is 306 g/mol. The summed E-state index contributed by atoms with van der Waals surface area (Å²) in [6, 6.07) is 12.4. The van der Waals surface area contributed by atoms with Crippen molar-refractivity contribution in [2.75, 3.05) is 0 Å². The van der Waals surface area contributed by atoms with E-state index in [1.165, 1.54) is 50.6 Å². The maximum Gasteiger partial charge on any atom is 0.0793 e. The third-order valence-corrected chi connectivity index (χ3v) is 4.88. The lowest BCUT2D eigenvalue weighted by Gasteiger charge is -2.14. The number of hydrogen-bond acceptors (Lipinski definition) is 2. The predicted octanol–water partition coefficient (Wildman–Crippen LogP) is 6.49. The van der Waals surface area contributed by atoms with Crippen LogP contribution in [0.15, 0.2) is 42.6 Å². The molecule has 0 bridgehead atoms. The Morgan fingerprint density at radius 3 is 2.28 bits per heavy atom. The maximum atomic E-state index is 10.2. The van der Waals surface area contributed by atoms with Crippen molar-refractivity contribution in [2.45, 2.75) is 77.7 Å². The Kier molecular flexibility index (Phi) is 8.68. The first-order valence-electron chi connectivity index (χ1n) is 9.98. The van der Waals surface area contributed by atoms with E-state index in [1.54, 1.807) is 0 Å². The smallest absolute Gasteiger partial charge is 0.0793 e. The van der Waals surface area contributed by atoms with Crippen LogP contribution in [-0.4, -0.2) is 10.1 Å². The number of aliphatic hydroxyl groups is 1. The predicted molar refractivity (Wildman–Crippen MR) is 107 cm³/mol. The third kappa shape index (κ3) is 6.28. The summed E-state index contributed by atoms with van der Waals surface area (Å²) in [7, 11) is 0. The van der Waals surface area contributed by atoms with Gasteiger partial charge in [-0.1, -0.05) is 82.7 Å². The van der Waals surface area contributed by atoms with Crippen LogP contribution in [-0.2, 0) is 6.42 Å². The van der Waals surface area contributed by atoms with Crippen LogP contribution in [0.25, 0.3) is 11.1 Å². The molecule has 1 aromatic carbocycles. The van der Waals surface area contributed by atoms with Gasteiger partial charge in [-0.25, -0.2) is 0 Å². The van der Waals surface area contributed by atoms with Crippen molar-refractivity contribution in [3.63, 3.8) is 0 Å². The fourth-order valence-corrected chi connectivity index (χ4v) is 3.27. The van der Waals surface area contributed by atoms with Crippen molar-refractivity contribution in [1.82, 2.24) is 4.98 Å². The van der Waals surface area contributed by atoms with E-state index in [0.717, 1.165) is 29.5 Å². The molecule has 2 heteroatoms. The van der Waals surface area contributed by atoms with Gasteiger partial charge in [0.05, 0.1) is 6.10 Å². The van der Waals surface area contributed by atoms with Gasteiger partial charge in [0.2, 0.25) is 0 Å². The van der Waals surface area contributed by atoms with Gasteiger partial charge < -0.3 is 5.11 Å². The van der Waals surface area contributed by atoms with Crippen LogP contribution < -0.4 is 0 Å². The zero-order valence-corrected chi connectivity index (χ0v) is 15.9. The van der Waals surface area contributed by atoms with E-state index in [9.17, 15) is 5.11 Å². The lowest BCUT2D eigenvalue weighted by atomic mass is 9.96. The summed E-state index contributed by atoms with van der Waals surface area (Å²) in [6.45, 7) is 4.27. The second-order valence-electron chi connectivity index (χ2n) is 6.92. The summed E-state index contributed by atoms with van der Waals surface area (Å²) in [6.07, 6.45) is 12.6.